The molecule has 5 heteroatoms. The average molecular weight is 400 g/mol. The second-order valence-electron chi connectivity index (χ2n) is 6.72. The number of nitrogens with one attached hydrogen (secondary N) is 1. The zero-order valence-corrected chi connectivity index (χ0v) is 17.1. The van der Waals surface area contributed by atoms with Crippen molar-refractivity contribution in [2.45, 2.75) is 13.8 Å². The number of aromatic hydroxyl groups is 1. The van der Waals surface area contributed by atoms with Crippen LogP contribution in [0.5, 0.6) is 17.4 Å². The third-order valence-electron chi connectivity index (χ3n) is 4.72. The molecule has 30 heavy (non-hydrogen) atoms. The van der Waals surface area contributed by atoms with Crippen LogP contribution in [0.2, 0.25) is 0 Å². The zero-order chi connectivity index (χ0) is 20.9. The van der Waals surface area contributed by atoms with E-state index in [4.69, 9.17) is 14.5 Å². The van der Waals surface area contributed by atoms with Gasteiger partial charge < -0.3 is 19.6 Å². The van der Waals surface area contributed by atoms with E-state index >= 15 is 0 Å². The first kappa shape index (κ1) is 19.6. The summed E-state index contributed by atoms with van der Waals surface area (Å²) in [5, 5.41) is 11.7. The smallest absolute Gasteiger partial charge is 0.199 e. The summed E-state index contributed by atoms with van der Waals surface area (Å²) in [4.78, 5) is 7.95. The number of benzene rings is 3. The van der Waals surface area contributed by atoms with Crippen LogP contribution in [0.3, 0.4) is 0 Å². The minimum absolute atomic E-state index is 0.0552. The Kier molecular flexibility index (Phi) is 5.70. The Labute approximate surface area is 175 Å². The maximum absolute atomic E-state index is 10.9. The predicted octanol–water partition coefficient (Wildman–Crippen LogP) is 5.84. The lowest BCUT2D eigenvalue weighted by atomic mass is 10.0. The van der Waals surface area contributed by atoms with E-state index < -0.39 is 0 Å². The first-order valence-corrected chi connectivity index (χ1v) is 10.0. The van der Waals surface area contributed by atoms with Gasteiger partial charge in [-0.25, -0.2) is 4.99 Å². The summed E-state index contributed by atoms with van der Waals surface area (Å²) in [6.07, 6.45) is 0. The number of rotatable bonds is 7. The van der Waals surface area contributed by atoms with E-state index in [0.717, 1.165) is 22.2 Å². The van der Waals surface area contributed by atoms with Crippen LogP contribution in [-0.2, 0) is 0 Å². The van der Waals surface area contributed by atoms with E-state index in [1.807, 2.05) is 86.6 Å². The highest BCUT2D eigenvalue weighted by Gasteiger charge is 2.21. The highest BCUT2D eigenvalue weighted by atomic mass is 16.5. The molecule has 152 valence electrons. The fraction of sp³-hybridized carbons (Fsp3) is 0.160. The van der Waals surface area contributed by atoms with E-state index in [1.165, 1.54) is 0 Å². The number of aromatic amines is 1. The van der Waals surface area contributed by atoms with Crippen LogP contribution in [0.15, 0.2) is 77.8 Å². The van der Waals surface area contributed by atoms with Crippen LogP contribution in [0, 0.1) is 0 Å². The Morgan fingerprint density at radius 2 is 1.47 bits per heavy atom. The van der Waals surface area contributed by atoms with Crippen LogP contribution in [-0.4, -0.2) is 29.0 Å². The summed E-state index contributed by atoms with van der Waals surface area (Å²) >= 11 is 0. The maximum Gasteiger partial charge on any atom is 0.199 e. The van der Waals surface area contributed by atoms with Crippen molar-refractivity contribution in [2.24, 2.45) is 4.99 Å². The molecule has 1 heterocycles. The van der Waals surface area contributed by atoms with Gasteiger partial charge in [0.2, 0.25) is 0 Å². The van der Waals surface area contributed by atoms with Crippen LogP contribution < -0.4 is 9.47 Å². The quantitative estimate of drug-likeness (QED) is 0.383. The van der Waals surface area contributed by atoms with Gasteiger partial charge in [0, 0.05) is 17.0 Å². The van der Waals surface area contributed by atoms with Crippen LogP contribution in [0.1, 0.15) is 25.0 Å². The maximum atomic E-state index is 10.9. The van der Waals surface area contributed by atoms with Gasteiger partial charge in [-0.3, -0.25) is 0 Å². The van der Waals surface area contributed by atoms with Gasteiger partial charge in [-0.2, -0.15) is 0 Å². The van der Waals surface area contributed by atoms with Crippen LogP contribution >= 0.6 is 0 Å². The first-order valence-electron chi connectivity index (χ1n) is 10.0. The zero-order valence-electron chi connectivity index (χ0n) is 17.1. The van der Waals surface area contributed by atoms with Gasteiger partial charge in [0.1, 0.15) is 0 Å². The fourth-order valence-electron chi connectivity index (χ4n) is 3.46. The molecule has 0 aliphatic carbocycles. The van der Waals surface area contributed by atoms with Crippen molar-refractivity contribution in [3.8, 4) is 17.4 Å². The average Bonchev–Trinajstić information content (AvgIpc) is 3.08. The van der Waals surface area contributed by atoms with Gasteiger partial charge in [0.15, 0.2) is 17.4 Å². The topological polar surface area (TPSA) is 66.8 Å². The van der Waals surface area contributed by atoms with E-state index in [0.29, 0.717) is 36.0 Å². The van der Waals surface area contributed by atoms with E-state index in [2.05, 4.69) is 4.98 Å². The number of aromatic nitrogens is 1. The molecule has 0 unspecified atom stereocenters. The molecule has 0 atom stereocenters. The Morgan fingerprint density at radius 1 is 0.867 bits per heavy atom. The molecule has 5 nitrogen and oxygen atoms in total. The van der Waals surface area contributed by atoms with Crippen LogP contribution in [0.25, 0.3) is 10.9 Å². The van der Waals surface area contributed by atoms with Gasteiger partial charge in [-0.15, -0.1) is 0 Å². The minimum atomic E-state index is 0.0552. The standard InChI is InChI=1S/C25H24N2O3/c1-3-29-21-15-19-20(16-22(21)30-4-2)27-25(28)23(19)24(17-11-7-5-8-12-17)26-18-13-9-6-10-14-18/h5-16,27-28H,3-4H2,1-2H3. The van der Waals surface area contributed by atoms with Crippen molar-refractivity contribution in [2.75, 3.05) is 13.2 Å². The lowest BCUT2D eigenvalue weighted by molar-refractivity contribution is 0.288. The lowest BCUT2D eigenvalue weighted by Gasteiger charge is -2.12. The summed E-state index contributed by atoms with van der Waals surface area (Å²) < 4.78 is 11.5. The second kappa shape index (κ2) is 8.74. The fourth-order valence-corrected chi connectivity index (χ4v) is 3.46. The number of fused-ring (bicyclic) bond motifs is 1. The highest BCUT2D eigenvalue weighted by molar-refractivity contribution is 6.22. The van der Waals surface area contributed by atoms with Crippen molar-refractivity contribution >= 4 is 22.3 Å². The molecule has 0 saturated heterocycles. The number of nitrogens with zero attached hydrogens (tertiary/aromatic N) is 1. The van der Waals surface area contributed by atoms with Gasteiger partial charge in [-0.1, -0.05) is 48.5 Å². The molecule has 3 aromatic carbocycles. The molecular weight excluding hydrogens is 376 g/mol. The summed E-state index contributed by atoms with van der Waals surface area (Å²) in [7, 11) is 0. The number of hydrogen-bond acceptors (Lipinski definition) is 4. The number of aliphatic imine (C=N–C) groups is 1. The molecule has 2 N–H and O–H groups in total. The lowest BCUT2D eigenvalue weighted by Crippen LogP contribution is -2.03. The number of para-hydroxylation sites is 1. The van der Waals surface area contributed by atoms with Gasteiger partial charge in [0.05, 0.1) is 35.7 Å². The summed E-state index contributed by atoms with van der Waals surface area (Å²) in [5.41, 5.74) is 3.78. The molecule has 0 fully saturated rings. The SMILES string of the molecule is CCOc1cc2[nH]c(O)c(C(=Nc3ccccc3)c3ccccc3)c2cc1OCC. The van der Waals surface area contributed by atoms with Gasteiger partial charge >= 0.3 is 0 Å². The van der Waals surface area contributed by atoms with Crippen molar-refractivity contribution < 1.29 is 14.6 Å². The van der Waals surface area contributed by atoms with E-state index in [9.17, 15) is 5.11 Å². The number of ether oxygens (including phenoxy) is 2. The number of H-pyrrole nitrogens is 1. The summed E-state index contributed by atoms with van der Waals surface area (Å²) in [6.45, 7) is 4.90. The van der Waals surface area contributed by atoms with Crippen LogP contribution in [0.4, 0.5) is 5.69 Å². The Morgan fingerprint density at radius 3 is 2.10 bits per heavy atom. The normalized spacial score (nSPS) is 11.6. The van der Waals surface area contributed by atoms with Crippen molar-refractivity contribution in [1.29, 1.82) is 0 Å². The van der Waals surface area contributed by atoms with Gasteiger partial charge in [0.25, 0.3) is 0 Å². The third-order valence-corrected chi connectivity index (χ3v) is 4.72. The molecule has 4 aromatic rings. The molecule has 1 aromatic heterocycles. The third kappa shape index (κ3) is 3.87. The predicted molar refractivity (Wildman–Crippen MR) is 120 cm³/mol. The van der Waals surface area contributed by atoms with E-state index in [1.54, 1.807) is 0 Å². The monoisotopic (exact) mass is 400 g/mol. The molecular formula is C25H24N2O3. The van der Waals surface area contributed by atoms with Gasteiger partial charge in [-0.05, 0) is 32.0 Å². The molecule has 0 radical (unpaired) electrons. The molecule has 0 aliphatic heterocycles. The Hall–Kier alpha value is -3.73. The highest BCUT2D eigenvalue weighted by Crippen LogP contribution is 2.38. The second-order valence-corrected chi connectivity index (χ2v) is 6.72. The molecule has 0 bridgehead atoms. The minimum Gasteiger partial charge on any atom is -0.494 e. The molecule has 0 saturated carbocycles. The Bertz CT molecular complexity index is 1170. The summed E-state index contributed by atoms with van der Waals surface area (Å²) in [5.74, 6) is 1.33. The molecule has 0 amide bonds. The largest absolute Gasteiger partial charge is 0.494 e. The molecule has 4 rings (SSSR count). The van der Waals surface area contributed by atoms with Crippen molar-refractivity contribution in [3.63, 3.8) is 0 Å². The summed E-state index contributed by atoms with van der Waals surface area (Å²) in [6, 6.07) is 23.3. The van der Waals surface area contributed by atoms with E-state index in [-0.39, 0.29) is 5.88 Å². The molecule has 0 aliphatic rings. The first-order chi connectivity index (χ1) is 14.7. The van der Waals surface area contributed by atoms with Crippen molar-refractivity contribution in [1.82, 2.24) is 4.98 Å². The molecule has 0 spiro atoms. The number of hydrogen-bond donors (Lipinski definition) is 2. The van der Waals surface area contributed by atoms with Crippen molar-refractivity contribution in [3.05, 3.63) is 83.9 Å². The Balaban J connectivity index is 1.97.